The molecule has 0 fully saturated rings. The second kappa shape index (κ2) is 6.69. The summed E-state index contributed by atoms with van der Waals surface area (Å²) >= 11 is 0. The van der Waals surface area contributed by atoms with E-state index >= 15 is 0 Å². The lowest BCUT2D eigenvalue weighted by Gasteiger charge is -2.08. The molecule has 0 saturated heterocycles. The van der Waals surface area contributed by atoms with E-state index in [0.29, 0.717) is 0 Å². The van der Waals surface area contributed by atoms with Gasteiger partial charge in [-0.05, 0) is 11.8 Å². The van der Waals surface area contributed by atoms with E-state index in [1.165, 1.54) is 25.7 Å². The normalized spacial score (nSPS) is 13.9. The monoisotopic (exact) mass is 155 g/mol. The van der Waals surface area contributed by atoms with Crippen LogP contribution in [0.3, 0.4) is 0 Å². The molecule has 0 saturated carbocycles. The summed E-state index contributed by atoms with van der Waals surface area (Å²) in [6.45, 7) is 10.8. The van der Waals surface area contributed by atoms with Crippen LogP contribution in [0.4, 0.5) is 0 Å². The van der Waals surface area contributed by atoms with E-state index in [1.807, 2.05) is 0 Å². The lowest BCUT2D eigenvalue weighted by Crippen LogP contribution is -1.93. The van der Waals surface area contributed by atoms with E-state index in [1.54, 1.807) is 0 Å². The Morgan fingerprint density at radius 3 is 2.00 bits per heavy atom. The van der Waals surface area contributed by atoms with Gasteiger partial charge in [-0.2, -0.15) is 0 Å². The highest BCUT2D eigenvalue weighted by Crippen LogP contribution is 2.14. The van der Waals surface area contributed by atoms with Crippen molar-refractivity contribution >= 4 is 0 Å². The van der Waals surface area contributed by atoms with Gasteiger partial charge in [-0.25, -0.2) is 0 Å². The van der Waals surface area contributed by atoms with Gasteiger partial charge in [-0.15, -0.1) is 0 Å². The van der Waals surface area contributed by atoms with Crippen LogP contribution in [-0.2, 0) is 0 Å². The largest absolute Gasteiger partial charge is 0.0628 e. The predicted molar refractivity (Wildman–Crippen MR) is 52.4 cm³/mol. The average Bonchev–Trinajstić information content (AvgIpc) is 1.97. The molecule has 0 nitrogen and oxygen atoms in total. The lowest BCUT2D eigenvalue weighted by atomic mass is 9.98. The highest BCUT2D eigenvalue weighted by atomic mass is 14.0. The standard InChI is InChI=1S/C11H23/c1-5-11(4)9-7-6-8-10(2)3/h10-11H,1,5-9H2,2-4H3. The van der Waals surface area contributed by atoms with Crippen molar-refractivity contribution in [2.75, 3.05) is 0 Å². The Morgan fingerprint density at radius 1 is 1.00 bits per heavy atom. The van der Waals surface area contributed by atoms with Crippen LogP contribution in [0.1, 0.15) is 52.9 Å². The van der Waals surface area contributed by atoms with Gasteiger partial charge in [0.25, 0.3) is 0 Å². The van der Waals surface area contributed by atoms with Crippen molar-refractivity contribution in [3.8, 4) is 0 Å². The van der Waals surface area contributed by atoms with Crippen LogP contribution < -0.4 is 0 Å². The first-order chi connectivity index (χ1) is 5.16. The summed E-state index contributed by atoms with van der Waals surface area (Å²) in [6.07, 6.45) is 6.67. The molecule has 0 spiro atoms. The topological polar surface area (TPSA) is 0 Å². The van der Waals surface area contributed by atoms with Gasteiger partial charge in [0.05, 0.1) is 0 Å². The van der Waals surface area contributed by atoms with Crippen molar-refractivity contribution in [2.45, 2.75) is 52.9 Å². The maximum atomic E-state index is 3.90. The van der Waals surface area contributed by atoms with E-state index in [-0.39, 0.29) is 0 Å². The van der Waals surface area contributed by atoms with E-state index in [0.717, 1.165) is 18.3 Å². The molecule has 0 N–H and O–H groups in total. The Morgan fingerprint density at radius 2 is 1.55 bits per heavy atom. The minimum atomic E-state index is 0.835. The molecule has 0 amide bonds. The summed E-state index contributed by atoms with van der Waals surface area (Å²) in [5.74, 6) is 1.72. The van der Waals surface area contributed by atoms with Crippen molar-refractivity contribution in [3.05, 3.63) is 6.92 Å². The third kappa shape index (κ3) is 7.90. The van der Waals surface area contributed by atoms with Gasteiger partial charge in [0.2, 0.25) is 0 Å². The Hall–Kier alpha value is 0. The Bertz CT molecular complexity index is 74.1. The number of unbranched alkanes of at least 4 members (excludes halogenated alkanes) is 1. The van der Waals surface area contributed by atoms with Gasteiger partial charge in [-0.3, -0.25) is 0 Å². The SMILES string of the molecule is [CH2]CC(C)CCCCC(C)C. The minimum absolute atomic E-state index is 0.835. The van der Waals surface area contributed by atoms with Crippen molar-refractivity contribution in [1.82, 2.24) is 0 Å². The first-order valence-electron chi connectivity index (χ1n) is 4.96. The lowest BCUT2D eigenvalue weighted by molar-refractivity contribution is 0.465. The third-order valence-electron chi connectivity index (χ3n) is 2.22. The quantitative estimate of drug-likeness (QED) is 0.507. The van der Waals surface area contributed by atoms with Crippen LogP contribution in [0.25, 0.3) is 0 Å². The van der Waals surface area contributed by atoms with Gasteiger partial charge in [0.15, 0.2) is 0 Å². The van der Waals surface area contributed by atoms with Crippen molar-refractivity contribution in [1.29, 1.82) is 0 Å². The van der Waals surface area contributed by atoms with Crippen molar-refractivity contribution in [2.24, 2.45) is 11.8 Å². The minimum Gasteiger partial charge on any atom is -0.0628 e. The fourth-order valence-electron chi connectivity index (χ4n) is 1.19. The summed E-state index contributed by atoms with van der Waals surface area (Å²) < 4.78 is 0. The van der Waals surface area contributed by atoms with Gasteiger partial charge < -0.3 is 0 Å². The summed E-state index contributed by atoms with van der Waals surface area (Å²) in [4.78, 5) is 0. The molecule has 0 heteroatoms. The molecule has 0 aliphatic carbocycles. The first kappa shape index (κ1) is 11.0. The highest BCUT2D eigenvalue weighted by Gasteiger charge is 1.98. The van der Waals surface area contributed by atoms with Crippen LogP contribution in [0.2, 0.25) is 0 Å². The molecule has 0 aromatic rings. The fraction of sp³-hybridized carbons (Fsp3) is 0.909. The molecule has 1 atom stereocenters. The molecule has 67 valence electrons. The zero-order valence-electron chi connectivity index (χ0n) is 8.40. The summed E-state index contributed by atoms with van der Waals surface area (Å²) in [6, 6.07) is 0. The molecular weight excluding hydrogens is 132 g/mol. The first-order valence-corrected chi connectivity index (χ1v) is 4.96. The molecule has 0 heterocycles. The Kier molecular flexibility index (Phi) is 6.69. The summed E-state index contributed by atoms with van der Waals surface area (Å²) in [7, 11) is 0. The number of hydrogen-bond donors (Lipinski definition) is 0. The zero-order valence-corrected chi connectivity index (χ0v) is 8.40. The zero-order chi connectivity index (χ0) is 8.69. The van der Waals surface area contributed by atoms with E-state index in [2.05, 4.69) is 27.7 Å². The smallest absolute Gasteiger partial charge is 0.0443 e. The molecular formula is C11H23. The number of rotatable bonds is 6. The molecule has 1 radical (unpaired) electrons. The van der Waals surface area contributed by atoms with Gasteiger partial charge >= 0.3 is 0 Å². The molecule has 0 aliphatic heterocycles. The molecule has 0 rings (SSSR count). The second-order valence-corrected chi connectivity index (χ2v) is 4.07. The molecule has 11 heavy (non-hydrogen) atoms. The average molecular weight is 155 g/mol. The van der Waals surface area contributed by atoms with Gasteiger partial charge in [-0.1, -0.05) is 59.8 Å². The maximum absolute atomic E-state index is 3.90. The Balaban J connectivity index is 3.01. The van der Waals surface area contributed by atoms with E-state index in [4.69, 9.17) is 0 Å². The molecule has 0 aromatic heterocycles. The fourth-order valence-corrected chi connectivity index (χ4v) is 1.19. The van der Waals surface area contributed by atoms with Crippen LogP contribution >= 0.6 is 0 Å². The molecule has 1 unspecified atom stereocenters. The van der Waals surface area contributed by atoms with E-state index in [9.17, 15) is 0 Å². The summed E-state index contributed by atoms with van der Waals surface area (Å²) in [5.41, 5.74) is 0. The van der Waals surface area contributed by atoms with Crippen LogP contribution in [0, 0.1) is 18.8 Å². The predicted octanol–water partition coefficient (Wildman–Crippen LogP) is 4.06. The maximum Gasteiger partial charge on any atom is -0.0443 e. The molecule has 0 bridgehead atoms. The van der Waals surface area contributed by atoms with Gasteiger partial charge in [0, 0.05) is 0 Å². The highest BCUT2D eigenvalue weighted by molar-refractivity contribution is 4.55. The van der Waals surface area contributed by atoms with Crippen LogP contribution in [0.15, 0.2) is 0 Å². The Labute approximate surface area is 72.4 Å². The van der Waals surface area contributed by atoms with Crippen molar-refractivity contribution in [3.63, 3.8) is 0 Å². The number of hydrogen-bond acceptors (Lipinski definition) is 0. The van der Waals surface area contributed by atoms with Crippen molar-refractivity contribution < 1.29 is 0 Å². The molecule has 0 aromatic carbocycles. The van der Waals surface area contributed by atoms with Crippen LogP contribution in [-0.4, -0.2) is 0 Å². The van der Waals surface area contributed by atoms with Crippen LogP contribution in [0.5, 0.6) is 0 Å². The molecule has 0 aliphatic rings. The summed E-state index contributed by atoms with van der Waals surface area (Å²) in [5, 5.41) is 0. The van der Waals surface area contributed by atoms with E-state index < -0.39 is 0 Å². The van der Waals surface area contributed by atoms with Gasteiger partial charge in [0.1, 0.15) is 0 Å². The second-order valence-electron chi connectivity index (χ2n) is 4.07. The third-order valence-corrected chi connectivity index (χ3v) is 2.22.